The Morgan fingerprint density at radius 1 is 1.06 bits per heavy atom. The lowest BCUT2D eigenvalue weighted by Crippen LogP contribution is -2.34. The van der Waals surface area contributed by atoms with Gasteiger partial charge in [0.2, 0.25) is 0 Å². The summed E-state index contributed by atoms with van der Waals surface area (Å²) in [7, 11) is -2.53. The Hall–Kier alpha value is -2.81. The molecule has 0 heterocycles. The fourth-order valence-corrected chi connectivity index (χ4v) is 5.14. The number of rotatable bonds is 10. The fraction of sp³-hybridized carbons (Fsp3) is 0.292. The molecular weight excluding hydrogens is 462 g/mol. The number of nitrogens with one attached hydrogen (secondary N) is 2. The summed E-state index contributed by atoms with van der Waals surface area (Å²) in [5.41, 5.74) is 0.358. The van der Waals surface area contributed by atoms with Crippen LogP contribution in [-0.2, 0) is 10.0 Å². The predicted octanol–water partition coefficient (Wildman–Crippen LogP) is 4.37. The van der Waals surface area contributed by atoms with Crippen LogP contribution in [-0.4, -0.2) is 52.5 Å². The first-order valence-corrected chi connectivity index (χ1v) is 12.6. The third-order valence-electron chi connectivity index (χ3n) is 5.43. The first-order valence-electron chi connectivity index (χ1n) is 10.7. The van der Waals surface area contributed by atoms with Gasteiger partial charge in [0, 0.05) is 24.5 Å². The molecule has 3 aromatic rings. The van der Waals surface area contributed by atoms with Crippen molar-refractivity contribution in [2.24, 2.45) is 0 Å². The van der Waals surface area contributed by atoms with Gasteiger partial charge in [-0.05, 0) is 30.6 Å². The third-order valence-corrected chi connectivity index (χ3v) is 7.16. The van der Waals surface area contributed by atoms with Crippen molar-refractivity contribution >= 4 is 44.0 Å². The molecule has 0 fully saturated rings. The number of amides is 1. The van der Waals surface area contributed by atoms with E-state index in [1.807, 2.05) is 18.2 Å². The number of methoxy groups -OCH3 is 1. The average molecular weight is 490 g/mol. The summed E-state index contributed by atoms with van der Waals surface area (Å²) >= 11 is 6.37. The quantitative estimate of drug-likeness (QED) is 0.441. The minimum absolute atomic E-state index is 0.0912. The van der Waals surface area contributed by atoms with Crippen molar-refractivity contribution in [3.8, 4) is 5.75 Å². The summed E-state index contributed by atoms with van der Waals surface area (Å²) in [6, 6.07) is 15.1. The maximum absolute atomic E-state index is 13.2. The van der Waals surface area contributed by atoms with Crippen LogP contribution in [0.1, 0.15) is 24.2 Å². The molecule has 0 aliphatic rings. The Morgan fingerprint density at radius 2 is 1.76 bits per heavy atom. The molecule has 0 bridgehead atoms. The zero-order chi connectivity index (χ0) is 24.0. The average Bonchev–Trinajstić information content (AvgIpc) is 2.82. The number of hydrogen-bond acceptors (Lipinski definition) is 5. The van der Waals surface area contributed by atoms with Crippen LogP contribution in [0.2, 0.25) is 5.02 Å². The van der Waals surface area contributed by atoms with Gasteiger partial charge in [-0.25, -0.2) is 8.42 Å². The Kier molecular flexibility index (Phi) is 8.18. The second kappa shape index (κ2) is 10.9. The molecule has 0 atom stereocenters. The molecule has 0 saturated heterocycles. The van der Waals surface area contributed by atoms with Gasteiger partial charge in [0.1, 0.15) is 5.75 Å². The number of nitrogens with zero attached hydrogens (tertiary/aromatic N) is 1. The number of halogens is 1. The molecule has 0 unspecified atom stereocenters. The molecule has 7 nitrogen and oxygen atoms in total. The smallest absolute Gasteiger partial charge is 0.262 e. The van der Waals surface area contributed by atoms with Gasteiger partial charge < -0.3 is 15.0 Å². The second-order valence-electron chi connectivity index (χ2n) is 7.40. The molecule has 0 saturated carbocycles. The molecule has 0 aromatic heterocycles. The lowest BCUT2D eigenvalue weighted by Gasteiger charge is -2.18. The van der Waals surface area contributed by atoms with Gasteiger partial charge in [0.25, 0.3) is 15.9 Å². The molecule has 33 heavy (non-hydrogen) atoms. The molecule has 3 rings (SSSR count). The van der Waals surface area contributed by atoms with E-state index in [-0.39, 0.29) is 32.8 Å². The van der Waals surface area contributed by atoms with Crippen molar-refractivity contribution < 1.29 is 17.9 Å². The van der Waals surface area contributed by atoms with Crippen LogP contribution in [0.5, 0.6) is 5.75 Å². The molecule has 2 N–H and O–H groups in total. The Balaban J connectivity index is 1.85. The molecule has 0 spiro atoms. The highest BCUT2D eigenvalue weighted by Gasteiger charge is 2.22. The van der Waals surface area contributed by atoms with Gasteiger partial charge in [-0.15, -0.1) is 0 Å². The number of sulfonamides is 1. The summed E-state index contributed by atoms with van der Waals surface area (Å²) in [5.74, 6) is -0.125. The zero-order valence-electron chi connectivity index (χ0n) is 18.9. The molecule has 176 valence electrons. The highest BCUT2D eigenvalue weighted by atomic mass is 35.5. The van der Waals surface area contributed by atoms with Crippen LogP contribution < -0.4 is 14.8 Å². The standard InChI is InChI=1S/C24H28ClN3O4S/c1-4-28(5-2)14-13-26-24(29)19-15-20(25)21(16-22(19)32-3)27-33(30,31)23-12-8-10-17-9-6-7-11-18(17)23/h6-12,15-16,27H,4-5,13-14H2,1-3H3,(H,26,29). The van der Waals surface area contributed by atoms with Crippen molar-refractivity contribution in [2.45, 2.75) is 18.7 Å². The largest absolute Gasteiger partial charge is 0.496 e. The van der Waals surface area contributed by atoms with Crippen molar-refractivity contribution in [3.05, 3.63) is 65.2 Å². The van der Waals surface area contributed by atoms with Crippen LogP contribution in [0.15, 0.2) is 59.5 Å². The Morgan fingerprint density at radius 3 is 2.45 bits per heavy atom. The van der Waals surface area contributed by atoms with E-state index in [1.54, 1.807) is 18.2 Å². The molecule has 0 aliphatic carbocycles. The molecule has 1 amide bonds. The van der Waals surface area contributed by atoms with E-state index in [4.69, 9.17) is 16.3 Å². The monoisotopic (exact) mass is 489 g/mol. The van der Waals surface area contributed by atoms with Crippen molar-refractivity contribution in [1.29, 1.82) is 0 Å². The number of carbonyl (C=O) groups excluding carboxylic acids is 1. The number of hydrogen-bond donors (Lipinski definition) is 2. The third kappa shape index (κ3) is 5.76. The minimum atomic E-state index is -3.95. The maximum Gasteiger partial charge on any atom is 0.262 e. The van der Waals surface area contributed by atoms with Crippen LogP contribution in [0.4, 0.5) is 5.69 Å². The summed E-state index contributed by atoms with van der Waals surface area (Å²) in [6.07, 6.45) is 0. The second-order valence-corrected chi connectivity index (χ2v) is 9.46. The van der Waals surface area contributed by atoms with E-state index in [0.717, 1.165) is 25.0 Å². The fourth-order valence-electron chi connectivity index (χ4n) is 3.57. The molecule has 0 aliphatic heterocycles. The lowest BCUT2D eigenvalue weighted by atomic mass is 10.1. The van der Waals surface area contributed by atoms with E-state index in [1.165, 1.54) is 25.3 Å². The maximum atomic E-state index is 13.2. The van der Waals surface area contributed by atoms with Gasteiger partial charge in [0.05, 0.1) is 28.3 Å². The van der Waals surface area contributed by atoms with E-state index in [9.17, 15) is 13.2 Å². The van der Waals surface area contributed by atoms with Crippen molar-refractivity contribution in [3.63, 3.8) is 0 Å². The lowest BCUT2D eigenvalue weighted by molar-refractivity contribution is 0.0946. The molecule has 9 heteroatoms. The van der Waals surface area contributed by atoms with Gasteiger partial charge in [-0.2, -0.15) is 0 Å². The summed E-state index contributed by atoms with van der Waals surface area (Å²) < 4.78 is 34.2. The van der Waals surface area contributed by atoms with Gasteiger partial charge in [0.15, 0.2) is 0 Å². The van der Waals surface area contributed by atoms with E-state index < -0.39 is 10.0 Å². The SMILES string of the molecule is CCN(CC)CCNC(=O)c1cc(Cl)c(NS(=O)(=O)c2cccc3ccccc23)cc1OC. The van der Waals surface area contributed by atoms with Crippen LogP contribution in [0.3, 0.4) is 0 Å². The van der Waals surface area contributed by atoms with Gasteiger partial charge >= 0.3 is 0 Å². The van der Waals surface area contributed by atoms with Crippen LogP contribution >= 0.6 is 11.6 Å². The Labute approximate surface area is 199 Å². The summed E-state index contributed by atoms with van der Waals surface area (Å²) in [5, 5.41) is 4.35. The van der Waals surface area contributed by atoms with Crippen molar-refractivity contribution in [1.82, 2.24) is 10.2 Å². The topological polar surface area (TPSA) is 87.7 Å². The number of anilines is 1. The molecule has 3 aromatic carbocycles. The molecule has 0 radical (unpaired) electrons. The van der Waals surface area contributed by atoms with E-state index in [0.29, 0.717) is 11.9 Å². The Bertz CT molecular complexity index is 1240. The van der Waals surface area contributed by atoms with Gasteiger partial charge in [-0.3, -0.25) is 9.52 Å². The highest BCUT2D eigenvalue weighted by molar-refractivity contribution is 7.93. The van der Waals surface area contributed by atoms with Crippen LogP contribution in [0.25, 0.3) is 10.8 Å². The number of ether oxygens (including phenoxy) is 1. The predicted molar refractivity (Wildman–Crippen MR) is 133 cm³/mol. The number of carbonyl (C=O) groups is 1. The first-order chi connectivity index (χ1) is 15.8. The number of likely N-dealkylation sites (N-methyl/N-ethyl adjacent to an activating group) is 1. The zero-order valence-corrected chi connectivity index (χ0v) is 20.5. The number of fused-ring (bicyclic) bond motifs is 1. The normalized spacial score (nSPS) is 11.5. The van der Waals surface area contributed by atoms with E-state index in [2.05, 4.69) is 28.8 Å². The van der Waals surface area contributed by atoms with Crippen molar-refractivity contribution in [2.75, 3.05) is 38.0 Å². The van der Waals surface area contributed by atoms with Crippen LogP contribution in [0, 0.1) is 0 Å². The highest BCUT2D eigenvalue weighted by Crippen LogP contribution is 2.33. The summed E-state index contributed by atoms with van der Waals surface area (Å²) in [6.45, 7) is 7.10. The molecular formula is C24H28ClN3O4S. The minimum Gasteiger partial charge on any atom is -0.496 e. The van der Waals surface area contributed by atoms with E-state index >= 15 is 0 Å². The number of benzene rings is 3. The summed E-state index contributed by atoms with van der Waals surface area (Å²) in [4.78, 5) is 15.0. The first kappa shape index (κ1) is 24.8. The van der Waals surface area contributed by atoms with Gasteiger partial charge in [-0.1, -0.05) is 61.8 Å².